The molecule has 1 aliphatic rings. The van der Waals surface area contributed by atoms with Crippen LogP contribution in [-0.4, -0.2) is 49.0 Å². The second-order valence-corrected chi connectivity index (χ2v) is 13.8. The third-order valence-corrected chi connectivity index (χ3v) is 9.41. The molecule has 3 N–H and O–H groups in total. The van der Waals surface area contributed by atoms with E-state index >= 15 is 0 Å². The number of H-pyrrole nitrogens is 1. The monoisotopic (exact) mass is 588 g/mol. The van der Waals surface area contributed by atoms with E-state index in [0.29, 0.717) is 23.5 Å². The fourth-order valence-corrected chi connectivity index (χ4v) is 7.29. The number of anilines is 1. The van der Waals surface area contributed by atoms with Gasteiger partial charge in [-0.05, 0) is 49.6 Å². The van der Waals surface area contributed by atoms with Crippen LogP contribution in [0.25, 0.3) is 16.3 Å². The molecule has 3 aromatic rings. The minimum Gasteiger partial charge on any atom is -0.352 e. The summed E-state index contributed by atoms with van der Waals surface area (Å²) in [6.45, 7) is 4.26. The van der Waals surface area contributed by atoms with E-state index in [0.717, 1.165) is 31.7 Å². The van der Waals surface area contributed by atoms with Crippen molar-refractivity contribution in [1.82, 2.24) is 4.98 Å². The number of nitrogens with zero attached hydrogens (tertiary/aromatic N) is 2. The normalized spacial score (nSPS) is 15.8. The highest BCUT2D eigenvalue weighted by molar-refractivity contribution is 8.03. The summed E-state index contributed by atoms with van der Waals surface area (Å²) < 4.78 is 80.2. The number of aryl methyl sites for hydroxylation is 2. The molecule has 37 heavy (non-hydrogen) atoms. The van der Waals surface area contributed by atoms with Gasteiger partial charge in [0.25, 0.3) is 25.2 Å². The highest BCUT2D eigenvalue weighted by atomic mass is 32.2. The van der Waals surface area contributed by atoms with E-state index in [1.165, 1.54) is 35.2 Å². The van der Waals surface area contributed by atoms with E-state index in [1.807, 2.05) is 37.0 Å². The van der Waals surface area contributed by atoms with Crippen LogP contribution in [0.3, 0.4) is 0 Å². The van der Waals surface area contributed by atoms with Crippen molar-refractivity contribution in [2.24, 2.45) is 0 Å². The third-order valence-electron chi connectivity index (χ3n) is 5.74. The van der Waals surface area contributed by atoms with Gasteiger partial charge in [0.15, 0.2) is 6.54 Å². The molecule has 0 fully saturated rings. The lowest BCUT2D eigenvalue weighted by Gasteiger charge is -2.20. The predicted octanol–water partition coefficient (Wildman–Crippen LogP) is 4.38. The number of halogens is 1. The Hall–Kier alpha value is -2.23. The van der Waals surface area contributed by atoms with Crippen molar-refractivity contribution in [3.8, 4) is 0 Å². The molecule has 0 radical (unpaired) electrons. The summed E-state index contributed by atoms with van der Waals surface area (Å²) in [5, 5.41) is 2.51. The Morgan fingerprint density at radius 2 is 1.89 bits per heavy atom. The molecule has 2 aromatic heterocycles. The molecule has 200 valence electrons. The molecule has 4 rings (SSSR count). The molecule has 0 aliphatic carbocycles. The number of rotatable bonds is 10. The molecule has 1 aromatic carbocycles. The zero-order chi connectivity index (χ0) is 27.0. The zero-order valence-corrected chi connectivity index (χ0v) is 23.4. The number of hydrogen-bond acceptors (Lipinski definition) is 7. The summed E-state index contributed by atoms with van der Waals surface area (Å²) in [7, 11) is -8.29. The predicted molar refractivity (Wildman–Crippen MR) is 145 cm³/mol. The molecular weight excluding hydrogens is 562 g/mol. The van der Waals surface area contributed by atoms with Gasteiger partial charge in [0.2, 0.25) is 5.52 Å². The van der Waals surface area contributed by atoms with Crippen LogP contribution in [0.5, 0.6) is 0 Å². The SMILES string of the molecule is CCC(=Cc1sc2ccc(F)cc2[n+]1CCS(=O)(=O)O)C=C1Sc2[nH]c(C)cc2N1CCCS(=O)(=O)O. The Labute approximate surface area is 223 Å². The average Bonchev–Trinajstić information content (AvgIpc) is 3.41. The first-order valence-corrected chi connectivity index (χ1v) is 16.3. The first-order valence-electron chi connectivity index (χ1n) is 11.4. The summed E-state index contributed by atoms with van der Waals surface area (Å²) in [5.41, 5.74) is 3.35. The van der Waals surface area contributed by atoms with Gasteiger partial charge in [-0.25, -0.2) is 4.39 Å². The standard InChI is InChI=1S/C23H26FN3O6S4/c1-3-16(12-21-27(8-10-37(31,32)33)18-14-17(24)5-6-20(18)34-21)13-22-26(7-4-9-36(28,29)30)19-11-15(2)25-23(19)35-22/h5-6,11-14,25H,3-4,7-10H2,1-2H3,(H-,28,29,30,31,32,33)/p+1. The molecule has 9 nitrogen and oxygen atoms in total. The molecule has 0 atom stereocenters. The van der Waals surface area contributed by atoms with Crippen molar-refractivity contribution in [3.05, 3.63) is 57.5 Å². The van der Waals surface area contributed by atoms with Crippen molar-refractivity contribution in [3.63, 3.8) is 0 Å². The number of aromatic nitrogens is 2. The maximum absolute atomic E-state index is 14.0. The summed E-state index contributed by atoms with van der Waals surface area (Å²) in [6.07, 6.45) is 4.77. The van der Waals surface area contributed by atoms with Crippen LogP contribution in [0.4, 0.5) is 10.1 Å². The maximum atomic E-state index is 14.0. The molecular formula is C23H27FN3O6S4+. The fourth-order valence-electron chi connectivity index (χ4n) is 4.03. The maximum Gasteiger partial charge on any atom is 0.271 e. The first kappa shape index (κ1) is 27.8. The van der Waals surface area contributed by atoms with E-state index < -0.39 is 31.8 Å². The van der Waals surface area contributed by atoms with E-state index in [2.05, 4.69) is 4.98 Å². The number of allylic oxidation sites excluding steroid dienone is 2. The number of thiazole rings is 1. The lowest BCUT2D eigenvalue weighted by atomic mass is 10.2. The molecule has 0 saturated carbocycles. The number of thioether (sulfide) groups is 1. The van der Waals surface area contributed by atoms with Gasteiger partial charge in [0, 0.05) is 24.4 Å². The van der Waals surface area contributed by atoms with E-state index in [1.54, 1.807) is 10.6 Å². The topological polar surface area (TPSA) is 132 Å². The van der Waals surface area contributed by atoms with Crippen molar-refractivity contribution >= 4 is 65.3 Å². The molecule has 0 bridgehead atoms. The summed E-state index contributed by atoms with van der Waals surface area (Å²) >= 11 is 2.90. The summed E-state index contributed by atoms with van der Waals surface area (Å²) in [4.78, 5) is 5.31. The molecule has 0 unspecified atom stereocenters. The van der Waals surface area contributed by atoms with Crippen LogP contribution in [0.15, 0.2) is 46.0 Å². The highest BCUT2D eigenvalue weighted by Gasteiger charge is 2.28. The first-order chi connectivity index (χ1) is 17.3. The Morgan fingerprint density at radius 3 is 2.57 bits per heavy atom. The van der Waals surface area contributed by atoms with Crippen LogP contribution in [0.1, 0.15) is 30.5 Å². The molecule has 14 heteroatoms. The number of hydrogen-bond donors (Lipinski definition) is 3. The van der Waals surface area contributed by atoms with Gasteiger partial charge in [-0.1, -0.05) is 30.0 Å². The van der Waals surface area contributed by atoms with Gasteiger partial charge in [-0.15, -0.1) is 0 Å². The Balaban J connectivity index is 1.71. The van der Waals surface area contributed by atoms with Gasteiger partial charge >= 0.3 is 0 Å². The minimum absolute atomic E-state index is 0.0396. The average molecular weight is 589 g/mol. The van der Waals surface area contributed by atoms with Crippen LogP contribution in [-0.2, 0) is 26.8 Å². The smallest absolute Gasteiger partial charge is 0.271 e. The largest absolute Gasteiger partial charge is 0.352 e. The molecule has 1 aliphatic heterocycles. The Bertz CT molecular complexity index is 1610. The van der Waals surface area contributed by atoms with Crippen LogP contribution >= 0.6 is 23.1 Å². The lowest BCUT2D eigenvalue weighted by Crippen LogP contribution is -2.38. The number of fused-ring (bicyclic) bond motifs is 2. The molecule has 0 amide bonds. The van der Waals surface area contributed by atoms with E-state index in [-0.39, 0.29) is 18.7 Å². The van der Waals surface area contributed by atoms with Crippen molar-refractivity contribution < 1.29 is 34.9 Å². The zero-order valence-electron chi connectivity index (χ0n) is 20.1. The van der Waals surface area contributed by atoms with Crippen LogP contribution in [0.2, 0.25) is 0 Å². The van der Waals surface area contributed by atoms with Crippen molar-refractivity contribution in [1.29, 1.82) is 0 Å². The van der Waals surface area contributed by atoms with Gasteiger partial charge in [0.1, 0.15) is 21.3 Å². The number of benzene rings is 1. The summed E-state index contributed by atoms with van der Waals surface area (Å²) in [6, 6.07) is 6.31. The van der Waals surface area contributed by atoms with Gasteiger partial charge < -0.3 is 9.88 Å². The third kappa shape index (κ3) is 7.00. The minimum atomic E-state index is -4.22. The number of aromatic amines is 1. The van der Waals surface area contributed by atoms with Gasteiger partial charge in [-0.3, -0.25) is 9.11 Å². The van der Waals surface area contributed by atoms with E-state index in [9.17, 15) is 25.8 Å². The molecule has 0 spiro atoms. The van der Waals surface area contributed by atoms with Crippen molar-refractivity contribution in [2.75, 3.05) is 23.0 Å². The van der Waals surface area contributed by atoms with E-state index in [4.69, 9.17) is 4.55 Å². The second kappa shape index (κ2) is 10.9. The quantitative estimate of drug-likeness (QED) is 0.235. The Morgan fingerprint density at radius 1 is 1.16 bits per heavy atom. The van der Waals surface area contributed by atoms with Crippen LogP contribution < -0.4 is 9.47 Å². The molecule has 0 saturated heterocycles. The van der Waals surface area contributed by atoms with Crippen LogP contribution in [0, 0.1) is 12.7 Å². The van der Waals surface area contributed by atoms with Crippen molar-refractivity contribution in [2.45, 2.75) is 38.3 Å². The number of nitrogens with one attached hydrogen (secondary N) is 1. The Kier molecular flexibility index (Phi) is 8.16. The highest BCUT2D eigenvalue weighted by Crippen LogP contribution is 2.46. The molecule has 3 heterocycles. The lowest BCUT2D eigenvalue weighted by molar-refractivity contribution is -0.664. The van der Waals surface area contributed by atoms with Gasteiger partial charge in [0.05, 0.1) is 16.5 Å². The second-order valence-electron chi connectivity index (χ2n) is 8.61. The van der Waals surface area contributed by atoms with Gasteiger partial charge in [-0.2, -0.15) is 21.4 Å². The fraction of sp³-hybridized carbons (Fsp3) is 0.348. The summed E-state index contributed by atoms with van der Waals surface area (Å²) in [5.74, 6) is -1.30.